The van der Waals surface area contributed by atoms with Crippen molar-refractivity contribution in [3.05, 3.63) is 81.1 Å². The smallest absolute Gasteiger partial charge is 0.257 e. The lowest BCUT2D eigenvalue weighted by atomic mass is 10.2. The number of hydrogen-bond acceptors (Lipinski definition) is 6. The number of ether oxygens (including phenoxy) is 1. The van der Waals surface area contributed by atoms with Gasteiger partial charge in [0.15, 0.2) is 5.13 Å². The Morgan fingerprint density at radius 1 is 1.11 bits per heavy atom. The maximum atomic E-state index is 12.5. The van der Waals surface area contributed by atoms with E-state index in [1.807, 2.05) is 35.0 Å². The first-order chi connectivity index (χ1) is 13.7. The van der Waals surface area contributed by atoms with Gasteiger partial charge < -0.3 is 4.74 Å². The van der Waals surface area contributed by atoms with Crippen LogP contribution in [0.5, 0.6) is 5.75 Å². The zero-order valence-corrected chi connectivity index (χ0v) is 16.9. The summed E-state index contributed by atoms with van der Waals surface area (Å²) in [6, 6.07) is 14.4. The van der Waals surface area contributed by atoms with Gasteiger partial charge in [-0.25, -0.2) is 9.97 Å². The van der Waals surface area contributed by atoms with Gasteiger partial charge in [-0.05, 0) is 30.3 Å². The molecule has 2 aromatic heterocycles. The molecule has 0 aliphatic carbocycles. The fourth-order valence-corrected chi connectivity index (χ4v) is 3.94. The van der Waals surface area contributed by atoms with E-state index < -0.39 is 0 Å². The zero-order valence-electron chi connectivity index (χ0n) is 14.5. The van der Waals surface area contributed by atoms with Gasteiger partial charge in [-0.3, -0.25) is 10.1 Å². The Balaban J connectivity index is 1.39. The van der Waals surface area contributed by atoms with Gasteiger partial charge in [0.1, 0.15) is 12.4 Å². The SMILES string of the molecule is O=C(Nc1nc(-c2ccccc2Cl)cs1)c1ccc(OCc2cscn2)cc1. The lowest BCUT2D eigenvalue weighted by Crippen LogP contribution is -2.11. The zero-order chi connectivity index (χ0) is 19.3. The number of amides is 1. The Morgan fingerprint density at radius 2 is 1.93 bits per heavy atom. The summed E-state index contributed by atoms with van der Waals surface area (Å²) in [6.07, 6.45) is 0. The third kappa shape index (κ3) is 4.39. The summed E-state index contributed by atoms with van der Waals surface area (Å²) in [5, 5.41) is 7.76. The molecule has 0 bridgehead atoms. The molecule has 4 rings (SSSR count). The van der Waals surface area contributed by atoms with Gasteiger partial charge in [0.25, 0.3) is 5.91 Å². The number of benzene rings is 2. The molecule has 28 heavy (non-hydrogen) atoms. The standard InChI is InChI=1S/C20H14ClN3O2S2/c21-17-4-2-1-3-16(17)18-11-28-20(23-18)24-19(25)13-5-7-15(8-6-13)26-9-14-10-27-12-22-14/h1-8,10-12H,9H2,(H,23,24,25). The van der Waals surface area contributed by atoms with E-state index >= 15 is 0 Å². The first-order valence-electron chi connectivity index (χ1n) is 8.31. The minimum Gasteiger partial charge on any atom is -0.487 e. The van der Waals surface area contributed by atoms with Gasteiger partial charge in [0.2, 0.25) is 0 Å². The van der Waals surface area contributed by atoms with Crippen LogP contribution in [0.1, 0.15) is 16.1 Å². The molecule has 2 aromatic carbocycles. The van der Waals surface area contributed by atoms with Crippen molar-refractivity contribution in [2.45, 2.75) is 6.61 Å². The van der Waals surface area contributed by atoms with Crippen molar-refractivity contribution in [3.8, 4) is 17.0 Å². The largest absolute Gasteiger partial charge is 0.487 e. The number of nitrogens with one attached hydrogen (secondary N) is 1. The van der Waals surface area contributed by atoms with Crippen molar-refractivity contribution in [3.63, 3.8) is 0 Å². The lowest BCUT2D eigenvalue weighted by molar-refractivity contribution is 0.102. The van der Waals surface area contributed by atoms with Crippen LogP contribution in [0.4, 0.5) is 5.13 Å². The number of anilines is 1. The third-order valence-corrected chi connectivity index (χ3v) is 5.58. The Kier molecular flexibility index (Phi) is 5.66. The molecular weight excluding hydrogens is 414 g/mol. The highest BCUT2D eigenvalue weighted by Gasteiger charge is 2.12. The number of nitrogens with zero attached hydrogens (tertiary/aromatic N) is 2. The number of thiazole rings is 2. The summed E-state index contributed by atoms with van der Waals surface area (Å²) < 4.78 is 5.66. The van der Waals surface area contributed by atoms with Gasteiger partial charge >= 0.3 is 0 Å². The number of hydrogen-bond donors (Lipinski definition) is 1. The molecule has 0 radical (unpaired) electrons. The predicted octanol–water partition coefficient (Wildman–Crippen LogP) is 5.75. The van der Waals surface area contributed by atoms with Crippen LogP contribution in [0.15, 0.2) is 64.8 Å². The molecule has 0 aliphatic heterocycles. The van der Waals surface area contributed by atoms with Gasteiger partial charge in [-0.15, -0.1) is 22.7 Å². The molecule has 4 aromatic rings. The van der Waals surface area contributed by atoms with Crippen molar-refractivity contribution in [1.82, 2.24) is 9.97 Å². The van der Waals surface area contributed by atoms with Crippen molar-refractivity contribution in [2.24, 2.45) is 0 Å². The fraction of sp³-hybridized carbons (Fsp3) is 0.0500. The normalized spacial score (nSPS) is 10.6. The maximum Gasteiger partial charge on any atom is 0.257 e. The second kappa shape index (κ2) is 8.52. The average Bonchev–Trinajstić information content (AvgIpc) is 3.39. The molecule has 0 aliphatic rings. The molecule has 8 heteroatoms. The topological polar surface area (TPSA) is 64.1 Å². The van der Waals surface area contributed by atoms with E-state index in [4.69, 9.17) is 16.3 Å². The van der Waals surface area contributed by atoms with Crippen LogP contribution in [0.2, 0.25) is 5.02 Å². The van der Waals surface area contributed by atoms with E-state index in [0.29, 0.717) is 28.1 Å². The van der Waals surface area contributed by atoms with Crippen LogP contribution in [-0.2, 0) is 6.61 Å². The van der Waals surface area contributed by atoms with Crippen LogP contribution in [0, 0.1) is 0 Å². The van der Waals surface area contributed by atoms with Crippen LogP contribution >= 0.6 is 34.3 Å². The molecule has 5 nitrogen and oxygen atoms in total. The van der Waals surface area contributed by atoms with E-state index in [2.05, 4.69) is 15.3 Å². The highest BCUT2D eigenvalue weighted by molar-refractivity contribution is 7.14. The molecule has 0 saturated heterocycles. The Bertz CT molecular complexity index is 1080. The van der Waals surface area contributed by atoms with E-state index in [-0.39, 0.29) is 5.91 Å². The van der Waals surface area contributed by atoms with E-state index in [0.717, 1.165) is 17.0 Å². The highest BCUT2D eigenvalue weighted by Crippen LogP contribution is 2.30. The van der Waals surface area contributed by atoms with Crippen LogP contribution in [0.3, 0.4) is 0 Å². The minimum absolute atomic E-state index is 0.230. The van der Waals surface area contributed by atoms with Gasteiger partial charge in [-0.1, -0.05) is 29.8 Å². The van der Waals surface area contributed by atoms with Crippen molar-refractivity contribution >= 4 is 45.3 Å². The molecule has 140 valence electrons. The van der Waals surface area contributed by atoms with E-state index in [9.17, 15) is 4.79 Å². The Hall–Kier alpha value is -2.74. The van der Waals surface area contributed by atoms with E-state index in [1.54, 1.807) is 29.8 Å². The molecule has 1 N–H and O–H groups in total. The van der Waals surface area contributed by atoms with Gasteiger partial charge in [0, 0.05) is 26.9 Å². The summed E-state index contributed by atoms with van der Waals surface area (Å²) >= 11 is 9.08. The number of halogens is 1. The van der Waals surface area contributed by atoms with Gasteiger partial charge in [0.05, 0.1) is 16.9 Å². The van der Waals surface area contributed by atoms with Crippen LogP contribution in [0.25, 0.3) is 11.3 Å². The summed E-state index contributed by atoms with van der Waals surface area (Å²) in [7, 11) is 0. The molecule has 2 heterocycles. The first-order valence-corrected chi connectivity index (χ1v) is 10.5. The number of aromatic nitrogens is 2. The molecule has 0 fully saturated rings. The molecule has 0 atom stereocenters. The predicted molar refractivity (Wildman–Crippen MR) is 113 cm³/mol. The summed E-state index contributed by atoms with van der Waals surface area (Å²) in [4.78, 5) is 21.1. The van der Waals surface area contributed by atoms with Crippen molar-refractivity contribution in [2.75, 3.05) is 5.32 Å². The number of carbonyl (C=O) groups excluding carboxylic acids is 1. The molecule has 0 unspecified atom stereocenters. The quantitative estimate of drug-likeness (QED) is 0.425. The monoisotopic (exact) mass is 427 g/mol. The van der Waals surface area contributed by atoms with Crippen LogP contribution < -0.4 is 10.1 Å². The van der Waals surface area contributed by atoms with Gasteiger partial charge in [-0.2, -0.15) is 0 Å². The molecule has 0 spiro atoms. The fourth-order valence-electron chi connectivity index (χ4n) is 2.46. The first kappa shape index (κ1) is 18.6. The van der Waals surface area contributed by atoms with Crippen molar-refractivity contribution < 1.29 is 9.53 Å². The lowest BCUT2D eigenvalue weighted by Gasteiger charge is -2.06. The second-order valence-corrected chi connectivity index (χ2v) is 7.75. The third-order valence-electron chi connectivity index (χ3n) is 3.86. The maximum absolute atomic E-state index is 12.5. The molecular formula is C20H14ClN3O2S2. The summed E-state index contributed by atoms with van der Waals surface area (Å²) in [6.45, 7) is 0.402. The Labute approximate surface area is 174 Å². The molecule has 0 saturated carbocycles. The number of carbonyl (C=O) groups is 1. The van der Waals surface area contributed by atoms with Crippen LogP contribution in [-0.4, -0.2) is 15.9 Å². The average molecular weight is 428 g/mol. The summed E-state index contributed by atoms with van der Waals surface area (Å²) in [5.74, 6) is 0.450. The molecule has 1 amide bonds. The second-order valence-electron chi connectivity index (χ2n) is 5.76. The minimum atomic E-state index is -0.230. The number of rotatable bonds is 6. The Morgan fingerprint density at radius 3 is 2.68 bits per heavy atom. The highest BCUT2D eigenvalue weighted by atomic mass is 35.5. The summed E-state index contributed by atoms with van der Waals surface area (Å²) in [5.41, 5.74) is 4.74. The van der Waals surface area contributed by atoms with Crippen molar-refractivity contribution in [1.29, 1.82) is 0 Å². The van der Waals surface area contributed by atoms with E-state index in [1.165, 1.54) is 22.7 Å².